The predicted molar refractivity (Wildman–Crippen MR) is 191 cm³/mol. The quantitative estimate of drug-likeness (QED) is 0.157. The summed E-state index contributed by atoms with van der Waals surface area (Å²) < 4.78 is 69.1. The van der Waals surface area contributed by atoms with Gasteiger partial charge in [-0.3, -0.25) is 4.79 Å². The average Bonchev–Trinajstić information content (AvgIpc) is 3.66. The zero-order valence-electron chi connectivity index (χ0n) is 31.3. The fourth-order valence-corrected chi connectivity index (χ4v) is 6.92. The van der Waals surface area contributed by atoms with Crippen LogP contribution in [0.4, 0.5) is 0 Å². The Morgan fingerprint density at radius 3 is 1.75 bits per heavy atom. The molecular formula is C41H52O12. The molecule has 3 aromatic carbocycles. The standard InChI is InChI=1S/C41H52O12/c1-40(2)50-33-31(26-46-23-28-18-12-8-13-19-28)48-39(36(35(33)52-40)47-24-29-20-14-9-15-21-29)49-32(30(42)25-45-22-27-16-10-7-11-17-27)34-37(38(43-5)44-6)53-41(3,4)51-34/h7-21,31-39H,22-26H2,1-6H3/t31-,32-,33+,34+,35+,36-,37-,39+/m1/s1. The van der Waals surface area contributed by atoms with Gasteiger partial charge in [0.2, 0.25) is 0 Å². The minimum atomic E-state index is -1.27. The lowest BCUT2D eigenvalue weighted by Crippen LogP contribution is -2.61. The first-order chi connectivity index (χ1) is 25.6. The van der Waals surface area contributed by atoms with Crippen LogP contribution in [0.25, 0.3) is 0 Å². The number of carbonyl (C=O) groups excluding carboxylic acids is 1. The smallest absolute Gasteiger partial charge is 0.190 e. The predicted octanol–water partition coefficient (Wildman–Crippen LogP) is 5.34. The van der Waals surface area contributed by atoms with Crippen LogP contribution in [-0.2, 0) is 76.7 Å². The Morgan fingerprint density at radius 2 is 1.17 bits per heavy atom. The summed E-state index contributed by atoms with van der Waals surface area (Å²) in [6.07, 6.45) is -7.78. The Balaban J connectivity index is 1.30. The highest BCUT2D eigenvalue weighted by molar-refractivity contribution is 5.85. The lowest BCUT2D eigenvalue weighted by atomic mass is 9.98. The molecule has 3 saturated heterocycles. The van der Waals surface area contributed by atoms with E-state index in [1.54, 1.807) is 13.8 Å². The Hall–Kier alpha value is -3.11. The van der Waals surface area contributed by atoms with E-state index in [1.807, 2.05) is 105 Å². The molecule has 0 spiro atoms. The van der Waals surface area contributed by atoms with Gasteiger partial charge in [0.05, 0.1) is 26.4 Å². The molecule has 0 amide bonds. The maximum atomic E-state index is 14.3. The molecule has 0 saturated carbocycles. The third-order valence-electron chi connectivity index (χ3n) is 9.26. The topological polar surface area (TPSA) is 119 Å². The maximum Gasteiger partial charge on any atom is 0.190 e. The van der Waals surface area contributed by atoms with Crippen molar-refractivity contribution in [2.45, 2.75) is 114 Å². The first kappa shape index (κ1) is 39.6. The molecule has 0 unspecified atom stereocenters. The molecule has 12 nitrogen and oxygen atoms in total. The van der Waals surface area contributed by atoms with Gasteiger partial charge in [0.15, 0.2) is 36.0 Å². The molecule has 0 bridgehead atoms. The van der Waals surface area contributed by atoms with Gasteiger partial charge in [-0.15, -0.1) is 0 Å². The minimum absolute atomic E-state index is 0.160. The van der Waals surface area contributed by atoms with Crippen LogP contribution in [0.2, 0.25) is 0 Å². The van der Waals surface area contributed by atoms with E-state index in [0.717, 1.165) is 16.7 Å². The average molecular weight is 737 g/mol. The van der Waals surface area contributed by atoms with E-state index in [4.69, 9.17) is 52.1 Å². The van der Waals surface area contributed by atoms with Gasteiger partial charge >= 0.3 is 0 Å². The van der Waals surface area contributed by atoms with Crippen LogP contribution in [0.5, 0.6) is 0 Å². The largest absolute Gasteiger partial charge is 0.374 e. The summed E-state index contributed by atoms with van der Waals surface area (Å²) in [6, 6.07) is 29.2. The van der Waals surface area contributed by atoms with Gasteiger partial charge in [-0.25, -0.2) is 0 Å². The fourth-order valence-electron chi connectivity index (χ4n) is 6.92. The van der Waals surface area contributed by atoms with E-state index in [2.05, 4.69) is 0 Å². The Bertz CT molecular complexity index is 1550. The third-order valence-corrected chi connectivity index (χ3v) is 9.26. The van der Waals surface area contributed by atoms with Crippen LogP contribution in [0.15, 0.2) is 91.0 Å². The normalized spacial score (nSPS) is 28.2. The van der Waals surface area contributed by atoms with Crippen molar-refractivity contribution in [1.29, 1.82) is 0 Å². The summed E-state index contributed by atoms with van der Waals surface area (Å²) in [5, 5.41) is 0. The minimum Gasteiger partial charge on any atom is -0.374 e. The van der Waals surface area contributed by atoms with Gasteiger partial charge in [0.1, 0.15) is 43.2 Å². The lowest BCUT2D eigenvalue weighted by molar-refractivity contribution is -0.312. The number of ether oxygens (including phenoxy) is 11. The Labute approximate surface area is 311 Å². The molecule has 3 heterocycles. The Morgan fingerprint density at radius 1 is 0.660 bits per heavy atom. The molecule has 0 N–H and O–H groups in total. The second-order valence-corrected chi connectivity index (χ2v) is 14.3. The molecular weight excluding hydrogens is 684 g/mol. The van der Waals surface area contributed by atoms with Crippen molar-refractivity contribution in [2.75, 3.05) is 27.4 Å². The molecule has 6 rings (SSSR count). The second-order valence-electron chi connectivity index (χ2n) is 14.3. The van der Waals surface area contributed by atoms with Crippen LogP contribution in [0.1, 0.15) is 44.4 Å². The Kier molecular flexibility index (Phi) is 13.5. The number of hydrogen-bond donors (Lipinski definition) is 0. The van der Waals surface area contributed by atoms with E-state index < -0.39 is 72.7 Å². The summed E-state index contributed by atoms with van der Waals surface area (Å²) in [6.45, 7) is 7.91. The number of carbonyl (C=O) groups is 1. The third kappa shape index (κ3) is 10.4. The van der Waals surface area contributed by atoms with Crippen LogP contribution >= 0.6 is 0 Å². The number of benzene rings is 3. The van der Waals surface area contributed by atoms with Gasteiger partial charge in [0, 0.05) is 14.2 Å². The zero-order chi connectivity index (χ0) is 37.4. The second kappa shape index (κ2) is 18.0. The number of Topliss-reactive ketones (excluding diaryl/α,β-unsaturated/α-hetero) is 1. The molecule has 0 radical (unpaired) electrons. The highest BCUT2D eigenvalue weighted by Gasteiger charge is 2.58. The molecule has 53 heavy (non-hydrogen) atoms. The van der Waals surface area contributed by atoms with Crippen molar-refractivity contribution in [1.82, 2.24) is 0 Å². The van der Waals surface area contributed by atoms with Crippen LogP contribution in [-0.4, -0.2) is 100 Å². The maximum absolute atomic E-state index is 14.3. The van der Waals surface area contributed by atoms with E-state index in [1.165, 1.54) is 14.2 Å². The number of hydrogen-bond acceptors (Lipinski definition) is 12. The van der Waals surface area contributed by atoms with Crippen LogP contribution < -0.4 is 0 Å². The SMILES string of the molecule is COC(OC)[C@@H]1OC(C)(C)O[C@H]1[C@H](O[C@@H]1O[C@H](COCc2ccccc2)[C@@H]2OC(C)(C)O[C@@H]2[C@H]1OCc1ccccc1)C(=O)COCc1ccccc1. The summed E-state index contributed by atoms with van der Waals surface area (Å²) in [4.78, 5) is 14.3. The first-order valence-electron chi connectivity index (χ1n) is 18.0. The van der Waals surface area contributed by atoms with Crippen LogP contribution in [0.3, 0.4) is 0 Å². The molecule has 3 aliphatic heterocycles. The molecule has 0 aromatic heterocycles. The summed E-state index contributed by atoms with van der Waals surface area (Å²) >= 11 is 0. The van der Waals surface area contributed by atoms with E-state index >= 15 is 0 Å². The van der Waals surface area contributed by atoms with Crippen molar-refractivity contribution in [3.63, 3.8) is 0 Å². The van der Waals surface area contributed by atoms with Crippen LogP contribution in [0, 0.1) is 0 Å². The molecule has 8 atom stereocenters. The van der Waals surface area contributed by atoms with Crippen molar-refractivity contribution >= 4 is 5.78 Å². The molecule has 3 aromatic rings. The summed E-state index contributed by atoms with van der Waals surface area (Å²) in [5.74, 6) is -2.45. The zero-order valence-corrected chi connectivity index (χ0v) is 31.3. The highest BCUT2D eigenvalue weighted by atomic mass is 16.8. The monoisotopic (exact) mass is 736 g/mol. The van der Waals surface area contributed by atoms with E-state index in [0.29, 0.717) is 6.61 Å². The molecule has 3 aliphatic rings. The van der Waals surface area contributed by atoms with Crippen molar-refractivity contribution in [3.8, 4) is 0 Å². The fraction of sp³-hybridized carbons (Fsp3) is 0.537. The number of fused-ring (bicyclic) bond motifs is 1. The van der Waals surface area contributed by atoms with Gasteiger partial charge in [-0.2, -0.15) is 0 Å². The number of rotatable bonds is 18. The lowest BCUT2D eigenvalue weighted by Gasteiger charge is -2.43. The summed E-state index contributed by atoms with van der Waals surface area (Å²) in [5.41, 5.74) is 2.87. The van der Waals surface area contributed by atoms with E-state index in [-0.39, 0.29) is 26.4 Å². The summed E-state index contributed by atoms with van der Waals surface area (Å²) in [7, 11) is 3.00. The highest BCUT2D eigenvalue weighted by Crippen LogP contribution is 2.41. The van der Waals surface area contributed by atoms with Gasteiger partial charge in [0.25, 0.3) is 0 Å². The van der Waals surface area contributed by atoms with Crippen molar-refractivity contribution in [3.05, 3.63) is 108 Å². The number of methoxy groups -OCH3 is 2. The first-order valence-corrected chi connectivity index (χ1v) is 18.0. The molecule has 3 fully saturated rings. The van der Waals surface area contributed by atoms with E-state index in [9.17, 15) is 4.79 Å². The van der Waals surface area contributed by atoms with Gasteiger partial charge < -0.3 is 52.1 Å². The number of ketones is 1. The molecule has 0 aliphatic carbocycles. The van der Waals surface area contributed by atoms with Crippen molar-refractivity contribution in [2.24, 2.45) is 0 Å². The molecule has 12 heteroatoms. The van der Waals surface area contributed by atoms with Crippen molar-refractivity contribution < 1.29 is 56.9 Å². The van der Waals surface area contributed by atoms with Gasteiger partial charge in [-0.1, -0.05) is 91.0 Å². The van der Waals surface area contributed by atoms with Gasteiger partial charge in [-0.05, 0) is 44.4 Å². The molecule has 288 valence electrons.